The average Bonchev–Trinajstić information content (AvgIpc) is 2.73. The molecule has 0 bridgehead atoms. The highest BCUT2D eigenvalue weighted by Crippen LogP contribution is 2.33. The highest BCUT2D eigenvalue weighted by atomic mass is 79.9. The topological polar surface area (TPSA) is 85.9 Å². The third-order valence-electron chi connectivity index (χ3n) is 4.92. The summed E-state index contributed by atoms with van der Waals surface area (Å²) in [6, 6.07) is 13.3. The van der Waals surface area contributed by atoms with Crippen LogP contribution >= 0.6 is 15.9 Å². The largest absolute Gasteiger partial charge is 0.490 e. The molecule has 2 aromatic rings. The molecule has 3 N–H and O–H groups in total. The Morgan fingerprint density at radius 3 is 2.55 bits per heavy atom. The maximum Gasteiger partial charge on any atom is 0.332 e. The Kier molecular flexibility index (Phi) is 7.93. The second kappa shape index (κ2) is 10.9. The summed E-state index contributed by atoms with van der Waals surface area (Å²) in [4.78, 5) is 10.7. The number of halogens is 1. The number of carbonyl (C=O) groups excluding carboxylic acids is 1. The quantitative estimate of drug-likeness (QED) is 0.332. The van der Waals surface area contributed by atoms with E-state index in [0.717, 1.165) is 10.2 Å². The summed E-state index contributed by atoms with van der Waals surface area (Å²) < 4.78 is 12.5. The summed E-state index contributed by atoms with van der Waals surface area (Å²) >= 11 is 3.41. The van der Waals surface area contributed by atoms with Gasteiger partial charge in [-0.3, -0.25) is 0 Å². The summed E-state index contributed by atoms with van der Waals surface area (Å²) in [5, 5.41) is 3.78. The Bertz CT molecular complexity index is 834. The summed E-state index contributed by atoms with van der Waals surface area (Å²) in [7, 11) is 0. The molecule has 1 saturated carbocycles. The number of ether oxygens (including phenoxy) is 2. The molecule has 0 aliphatic heterocycles. The highest BCUT2D eigenvalue weighted by Gasteiger charge is 2.15. The third-order valence-corrected chi connectivity index (χ3v) is 5.41. The lowest BCUT2D eigenvalue weighted by atomic mass is 9.84. The normalized spacial score (nSPS) is 14.7. The summed E-state index contributed by atoms with van der Waals surface area (Å²) in [5.74, 6) is 2.18. The first-order valence-electron chi connectivity index (χ1n) is 9.85. The third kappa shape index (κ3) is 6.78. The van der Waals surface area contributed by atoms with Crippen LogP contribution in [0.2, 0.25) is 0 Å². The minimum absolute atomic E-state index is 0.385. The molecule has 1 aliphatic rings. The predicted octanol–water partition coefficient (Wildman–Crippen LogP) is 4.96. The molecule has 0 saturated heterocycles. The molecule has 1 fully saturated rings. The van der Waals surface area contributed by atoms with Crippen molar-refractivity contribution in [1.82, 2.24) is 5.43 Å². The number of nitrogens with two attached hydrogens (primary N) is 1. The molecule has 7 heteroatoms. The van der Waals surface area contributed by atoms with E-state index in [1.807, 2.05) is 30.3 Å². The van der Waals surface area contributed by atoms with Gasteiger partial charge in [-0.15, -0.1) is 0 Å². The van der Waals surface area contributed by atoms with E-state index in [4.69, 9.17) is 15.2 Å². The van der Waals surface area contributed by atoms with E-state index in [0.29, 0.717) is 30.4 Å². The van der Waals surface area contributed by atoms with Crippen LogP contribution in [0.5, 0.6) is 11.5 Å². The molecule has 0 aromatic heterocycles. The molecule has 1 aliphatic carbocycles. The van der Waals surface area contributed by atoms with Crippen molar-refractivity contribution >= 4 is 28.2 Å². The van der Waals surface area contributed by atoms with Gasteiger partial charge in [-0.1, -0.05) is 47.3 Å². The van der Waals surface area contributed by atoms with Gasteiger partial charge in [-0.25, -0.2) is 10.2 Å². The summed E-state index contributed by atoms with van der Waals surface area (Å²) in [6.45, 7) is 0.811. The van der Waals surface area contributed by atoms with Crippen LogP contribution in [0.4, 0.5) is 4.79 Å². The number of nitrogens with one attached hydrogen (secondary N) is 1. The van der Waals surface area contributed by atoms with Gasteiger partial charge in [0.05, 0.1) is 6.21 Å². The monoisotopic (exact) mass is 459 g/mol. The Hall–Kier alpha value is -2.54. The van der Waals surface area contributed by atoms with Crippen molar-refractivity contribution in [2.75, 3.05) is 13.2 Å². The zero-order chi connectivity index (χ0) is 20.5. The van der Waals surface area contributed by atoms with Crippen LogP contribution in [0.3, 0.4) is 0 Å². The summed E-state index contributed by atoms with van der Waals surface area (Å²) in [5.41, 5.74) is 9.31. The van der Waals surface area contributed by atoms with Crippen LogP contribution in [0, 0.1) is 0 Å². The number of benzene rings is 2. The molecule has 29 heavy (non-hydrogen) atoms. The molecule has 2 aromatic carbocycles. The van der Waals surface area contributed by atoms with Gasteiger partial charge in [0.2, 0.25) is 0 Å². The molecule has 3 rings (SSSR count). The smallest absolute Gasteiger partial charge is 0.332 e. The number of nitrogens with zero attached hydrogens (tertiary/aromatic N) is 1. The fourth-order valence-corrected chi connectivity index (χ4v) is 3.88. The molecule has 0 radical (unpaired) electrons. The van der Waals surface area contributed by atoms with Gasteiger partial charge in [-0.2, -0.15) is 5.10 Å². The number of hydrogen-bond donors (Lipinski definition) is 2. The molecule has 0 spiro atoms. The van der Waals surface area contributed by atoms with Gasteiger partial charge in [0, 0.05) is 10.0 Å². The van der Waals surface area contributed by atoms with Gasteiger partial charge < -0.3 is 15.2 Å². The van der Waals surface area contributed by atoms with E-state index in [2.05, 4.69) is 38.6 Å². The van der Waals surface area contributed by atoms with E-state index < -0.39 is 6.03 Å². The zero-order valence-corrected chi connectivity index (χ0v) is 17.9. The van der Waals surface area contributed by atoms with E-state index in [-0.39, 0.29) is 0 Å². The van der Waals surface area contributed by atoms with E-state index in [1.165, 1.54) is 43.9 Å². The van der Waals surface area contributed by atoms with Crippen LogP contribution in [0.25, 0.3) is 0 Å². The fourth-order valence-electron chi connectivity index (χ4n) is 3.50. The Labute approximate surface area is 179 Å². The number of amides is 2. The molecule has 0 unspecified atom stereocenters. The first-order valence-corrected chi connectivity index (χ1v) is 10.6. The lowest BCUT2D eigenvalue weighted by molar-refractivity contribution is 0.217. The molecular formula is C22H26BrN3O3. The van der Waals surface area contributed by atoms with Crippen LogP contribution in [0.15, 0.2) is 52.0 Å². The molecule has 0 atom stereocenters. The van der Waals surface area contributed by atoms with Crippen molar-refractivity contribution in [3.8, 4) is 11.5 Å². The van der Waals surface area contributed by atoms with Crippen LogP contribution in [-0.2, 0) is 0 Å². The second-order valence-electron chi connectivity index (χ2n) is 7.02. The van der Waals surface area contributed by atoms with Crippen LogP contribution in [-0.4, -0.2) is 25.5 Å². The van der Waals surface area contributed by atoms with Crippen LogP contribution in [0.1, 0.15) is 49.1 Å². The van der Waals surface area contributed by atoms with Crippen molar-refractivity contribution in [2.45, 2.75) is 38.0 Å². The van der Waals surface area contributed by atoms with Gasteiger partial charge in [0.15, 0.2) is 0 Å². The van der Waals surface area contributed by atoms with Crippen molar-refractivity contribution in [1.29, 1.82) is 0 Å². The van der Waals surface area contributed by atoms with E-state index in [1.54, 1.807) is 0 Å². The molecule has 6 nitrogen and oxygen atoms in total. The lowest BCUT2D eigenvalue weighted by Gasteiger charge is -2.22. The van der Waals surface area contributed by atoms with Crippen molar-refractivity contribution < 1.29 is 14.3 Å². The number of hydrazone groups is 1. The van der Waals surface area contributed by atoms with Gasteiger partial charge >= 0.3 is 6.03 Å². The first kappa shape index (κ1) is 21.2. The number of primary amides is 1. The number of carbonyl (C=O) groups is 1. The molecule has 0 heterocycles. The second-order valence-corrected chi connectivity index (χ2v) is 7.93. The molecule has 2 amide bonds. The summed E-state index contributed by atoms with van der Waals surface area (Å²) in [6.07, 6.45) is 8.11. The van der Waals surface area contributed by atoms with Crippen molar-refractivity contribution in [3.05, 3.63) is 58.1 Å². The fraction of sp³-hybridized carbons (Fsp3) is 0.364. The van der Waals surface area contributed by atoms with E-state index in [9.17, 15) is 4.79 Å². The standard InChI is InChI=1S/C22H26BrN3O3/c23-19-8-11-21(18(14-19)15-25-26-22(24)27)29-13-12-28-20-9-6-17(7-10-20)16-4-2-1-3-5-16/h6-11,14-16H,1-5,12-13H2,(H3,24,26,27)/b25-15+. The Balaban J connectivity index is 1.49. The van der Waals surface area contributed by atoms with Gasteiger partial charge in [-0.05, 0) is 54.7 Å². The zero-order valence-electron chi connectivity index (χ0n) is 16.3. The Morgan fingerprint density at radius 2 is 1.83 bits per heavy atom. The van der Waals surface area contributed by atoms with Crippen LogP contribution < -0.4 is 20.6 Å². The Morgan fingerprint density at radius 1 is 1.10 bits per heavy atom. The lowest BCUT2D eigenvalue weighted by Crippen LogP contribution is -2.24. The van der Waals surface area contributed by atoms with Gasteiger partial charge in [0.1, 0.15) is 24.7 Å². The molecular weight excluding hydrogens is 434 g/mol. The SMILES string of the molecule is NC(=O)N/N=C/c1cc(Br)ccc1OCCOc1ccc(C2CCCCC2)cc1. The number of urea groups is 1. The number of rotatable bonds is 8. The molecule has 154 valence electrons. The van der Waals surface area contributed by atoms with E-state index >= 15 is 0 Å². The minimum atomic E-state index is -0.721. The predicted molar refractivity (Wildman–Crippen MR) is 118 cm³/mol. The first-order chi connectivity index (χ1) is 14.1. The van der Waals surface area contributed by atoms with Gasteiger partial charge in [0.25, 0.3) is 0 Å². The highest BCUT2D eigenvalue weighted by molar-refractivity contribution is 9.10. The minimum Gasteiger partial charge on any atom is -0.490 e. The van der Waals surface area contributed by atoms with Crippen molar-refractivity contribution in [3.63, 3.8) is 0 Å². The van der Waals surface area contributed by atoms with Crippen molar-refractivity contribution in [2.24, 2.45) is 10.8 Å². The number of hydrogen-bond acceptors (Lipinski definition) is 4. The maximum absolute atomic E-state index is 10.7. The maximum atomic E-state index is 10.7. The average molecular weight is 460 g/mol.